The fourth-order valence-corrected chi connectivity index (χ4v) is 1.79. The summed E-state index contributed by atoms with van der Waals surface area (Å²) >= 11 is 0. The summed E-state index contributed by atoms with van der Waals surface area (Å²) in [5, 5.41) is 0. The lowest BCUT2D eigenvalue weighted by molar-refractivity contribution is 0.176. The van der Waals surface area contributed by atoms with Crippen LogP contribution in [0.25, 0.3) is 0 Å². The number of ether oxygens (including phenoxy) is 1. The van der Waals surface area contributed by atoms with Crippen LogP contribution in [0.3, 0.4) is 0 Å². The average molecular weight is 184 g/mol. The molecule has 0 aromatic rings. The molecule has 0 bridgehead atoms. The van der Waals surface area contributed by atoms with Gasteiger partial charge in [-0.3, -0.25) is 11.3 Å². The Kier molecular flexibility index (Phi) is 5.05. The molecule has 1 unspecified atom stereocenters. The van der Waals surface area contributed by atoms with Crippen LogP contribution >= 0.6 is 0 Å². The van der Waals surface area contributed by atoms with Crippen molar-refractivity contribution in [3.05, 3.63) is 11.6 Å². The fraction of sp³-hybridized carbons (Fsp3) is 0.800. The molecule has 1 rings (SSSR count). The van der Waals surface area contributed by atoms with Crippen LogP contribution < -0.4 is 11.3 Å². The summed E-state index contributed by atoms with van der Waals surface area (Å²) in [6.07, 6.45) is 8.61. The molecule has 0 spiro atoms. The Morgan fingerprint density at radius 2 is 2.38 bits per heavy atom. The molecule has 0 aromatic heterocycles. The van der Waals surface area contributed by atoms with Crippen LogP contribution in [0, 0.1) is 0 Å². The van der Waals surface area contributed by atoms with E-state index in [9.17, 15) is 0 Å². The molecule has 0 aromatic carbocycles. The number of nitrogens with two attached hydrogens (primary N) is 1. The lowest BCUT2D eigenvalue weighted by Gasteiger charge is -2.17. The molecule has 3 nitrogen and oxygen atoms in total. The number of nitrogens with one attached hydrogen (secondary N) is 1. The molecular weight excluding hydrogens is 164 g/mol. The molecule has 0 fully saturated rings. The third kappa shape index (κ3) is 3.46. The molecule has 0 heterocycles. The Balaban J connectivity index is 2.49. The number of rotatable bonds is 4. The molecule has 76 valence electrons. The summed E-state index contributed by atoms with van der Waals surface area (Å²) in [5.41, 5.74) is 4.23. The van der Waals surface area contributed by atoms with Crippen LogP contribution in [-0.4, -0.2) is 19.8 Å². The second-order valence-corrected chi connectivity index (χ2v) is 3.55. The molecule has 13 heavy (non-hydrogen) atoms. The topological polar surface area (TPSA) is 47.3 Å². The van der Waals surface area contributed by atoms with Gasteiger partial charge in [0.25, 0.3) is 0 Å². The molecule has 3 heteroatoms. The molecule has 0 amide bonds. The quantitative estimate of drug-likeness (QED) is 0.394. The van der Waals surface area contributed by atoms with Gasteiger partial charge in [-0.1, -0.05) is 18.1 Å². The van der Waals surface area contributed by atoms with Crippen molar-refractivity contribution in [3.8, 4) is 0 Å². The Hall–Kier alpha value is -0.380. The Bertz CT molecular complexity index is 168. The summed E-state index contributed by atoms with van der Waals surface area (Å²) < 4.78 is 5.11. The van der Waals surface area contributed by atoms with Crippen LogP contribution in [-0.2, 0) is 4.74 Å². The highest BCUT2D eigenvalue weighted by molar-refractivity contribution is 5.11. The van der Waals surface area contributed by atoms with E-state index in [4.69, 9.17) is 10.6 Å². The molecule has 3 N–H and O–H groups in total. The third-order valence-corrected chi connectivity index (χ3v) is 2.56. The van der Waals surface area contributed by atoms with E-state index in [2.05, 4.69) is 11.5 Å². The van der Waals surface area contributed by atoms with Gasteiger partial charge in [-0.15, -0.1) is 0 Å². The molecule has 0 aliphatic heterocycles. The molecular formula is C10H20N2O. The number of hydrogen-bond acceptors (Lipinski definition) is 3. The highest BCUT2D eigenvalue weighted by Gasteiger charge is 2.13. The second kappa shape index (κ2) is 6.13. The van der Waals surface area contributed by atoms with E-state index in [0.29, 0.717) is 6.61 Å². The second-order valence-electron chi connectivity index (χ2n) is 3.55. The van der Waals surface area contributed by atoms with Gasteiger partial charge in [0.15, 0.2) is 0 Å². The summed E-state index contributed by atoms with van der Waals surface area (Å²) in [6, 6.07) is 0.211. The van der Waals surface area contributed by atoms with E-state index in [1.54, 1.807) is 7.11 Å². The van der Waals surface area contributed by atoms with Gasteiger partial charge in [0.2, 0.25) is 0 Å². The first kappa shape index (κ1) is 10.7. The van der Waals surface area contributed by atoms with E-state index in [1.165, 1.54) is 31.3 Å². The minimum atomic E-state index is 0.211. The van der Waals surface area contributed by atoms with Crippen molar-refractivity contribution in [2.45, 2.75) is 38.1 Å². The first-order valence-corrected chi connectivity index (χ1v) is 5.02. The zero-order valence-electron chi connectivity index (χ0n) is 8.38. The maximum Gasteiger partial charge on any atom is 0.0667 e. The van der Waals surface area contributed by atoms with Gasteiger partial charge in [0, 0.05) is 7.11 Å². The van der Waals surface area contributed by atoms with Crippen molar-refractivity contribution in [1.29, 1.82) is 0 Å². The molecule has 1 aliphatic rings. The van der Waals surface area contributed by atoms with Crippen molar-refractivity contribution < 1.29 is 4.74 Å². The van der Waals surface area contributed by atoms with Crippen molar-refractivity contribution >= 4 is 0 Å². The molecule has 1 aliphatic carbocycles. The molecule has 0 saturated heterocycles. The van der Waals surface area contributed by atoms with Gasteiger partial charge in [-0.2, -0.15) is 0 Å². The van der Waals surface area contributed by atoms with Gasteiger partial charge >= 0.3 is 0 Å². The van der Waals surface area contributed by atoms with Crippen LogP contribution in [0.2, 0.25) is 0 Å². The SMILES string of the molecule is COCC(NN)C1=CCCCCC1. The first-order chi connectivity index (χ1) is 6.38. The third-order valence-electron chi connectivity index (χ3n) is 2.56. The number of hydrogen-bond donors (Lipinski definition) is 2. The van der Waals surface area contributed by atoms with Crippen molar-refractivity contribution in [2.24, 2.45) is 5.84 Å². The maximum absolute atomic E-state index is 5.47. The number of hydrazine groups is 1. The lowest BCUT2D eigenvalue weighted by atomic mass is 10.0. The van der Waals surface area contributed by atoms with Crippen LogP contribution in [0.15, 0.2) is 11.6 Å². The predicted octanol–water partition coefficient (Wildman–Crippen LogP) is 1.36. The molecule has 0 saturated carbocycles. The van der Waals surface area contributed by atoms with Gasteiger partial charge in [0.1, 0.15) is 0 Å². The number of methoxy groups -OCH3 is 1. The summed E-state index contributed by atoms with van der Waals surface area (Å²) in [5.74, 6) is 5.47. The Labute approximate surface area is 80.3 Å². The first-order valence-electron chi connectivity index (χ1n) is 5.02. The fourth-order valence-electron chi connectivity index (χ4n) is 1.79. The van der Waals surface area contributed by atoms with E-state index in [1.807, 2.05) is 0 Å². The highest BCUT2D eigenvalue weighted by Crippen LogP contribution is 2.19. The zero-order chi connectivity index (χ0) is 9.52. The minimum Gasteiger partial charge on any atom is -0.383 e. The monoisotopic (exact) mass is 184 g/mol. The Morgan fingerprint density at radius 3 is 3.08 bits per heavy atom. The van der Waals surface area contributed by atoms with Crippen LogP contribution in [0.1, 0.15) is 32.1 Å². The zero-order valence-corrected chi connectivity index (χ0v) is 8.38. The number of allylic oxidation sites excluding steroid dienone is 1. The Morgan fingerprint density at radius 1 is 1.54 bits per heavy atom. The van der Waals surface area contributed by atoms with Crippen molar-refractivity contribution in [1.82, 2.24) is 5.43 Å². The van der Waals surface area contributed by atoms with Crippen LogP contribution in [0.5, 0.6) is 0 Å². The largest absolute Gasteiger partial charge is 0.383 e. The van der Waals surface area contributed by atoms with E-state index in [0.717, 1.165) is 6.42 Å². The maximum atomic E-state index is 5.47. The van der Waals surface area contributed by atoms with Gasteiger partial charge in [-0.25, -0.2) is 0 Å². The summed E-state index contributed by atoms with van der Waals surface area (Å²) in [7, 11) is 1.71. The van der Waals surface area contributed by atoms with E-state index < -0.39 is 0 Å². The lowest BCUT2D eigenvalue weighted by Crippen LogP contribution is -2.39. The normalized spacial score (nSPS) is 20.6. The standard InChI is InChI=1S/C10H20N2O/c1-13-8-10(12-11)9-6-4-2-3-5-7-9/h6,10,12H,2-5,7-8,11H2,1H3. The van der Waals surface area contributed by atoms with E-state index >= 15 is 0 Å². The minimum absolute atomic E-state index is 0.211. The van der Waals surface area contributed by atoms with Crippen molar-refractivity contribution in [3.63, 3.8) is 0 Å². The van der Waals surface area contributed by atoms with E-state index in [-0.39, 0.29) is 6.04 Å². The molecule has 0 radical (unpaired) electrons. The van der Waals surface area contributed by atoms with Gasteiger partial charge in [0.05, 0.1) is 12.6 Å². The molecule has 1 atom stereocenters. The predicted molar refractivity (Wildman–Crippen MR) is 54.2 cm³/mol. The van der Waals surface area contributed by atoms with Crippen molar-refractivity contribution in [2.75, 3.05) is 13.7 Å². The summed E-state index contributed by atoms with van der Waals surface area (Å²) in [4.78, 5) is 0. The van der Waals surface area contributed by atoms with Crippen LogP contribution in [0.4, 0.5) is 0 Å². The average Bonchev–Trinajstić information content (AvgIpc) is 2.42. The highest BCUT2D eigenvalue weighted by atomic mass is 16.5. The summed E-state index contributed by atoms with van der Waals surface area (Å²) in [6.45, 7) is 0.669. The smallest absolute Gasteiger partial charge is 0.0667 e. The van der Waals surface area contributed by atoms with Gasteiger partial charge < -0.3 is 4.74 Å². The van der Waals surface area contributed by atoms with Gasteiger partial charge in [-0.05, 0) is 25.7 Å².